The number of nitrogens with zero attached hydrogens (tertiary/aromatic N) is 3. The average Bonchev–Trinajstić information content (AvgIpc) is 3.15. The summed E-state index contributed by atoms with van der Waals surface area (Å²) in [5.74, 6) is 1.55. The minimum Gasteiger partial charge on any atom is -0.486 e. The Kier molecular flexibility index (Phi) is 4.48. The maximum absolute atomic E-state index is 12.9. The molecule has 4 rings (SSSR count). The van der Waals surface area contributed by atoms with Crippen LogP contribution in [0.25, 0.3) is 0 Å². The molecule has 1 fully saturated rings. The molecule has 0 N–H and O–H groups in total. The molecule has 0 atom stereocenters. The van der Waals surface area contributed by atoms with E-state index in [4.69, 9.17) is 14.2 Å². The van der Waals surface area contributed by atoms with E-state index in [9.17, 15) is 8.42 Å². The van der Waals surface area contributed by atoms with Gasteiger partial charge in [-0.05, 0) is 25.0 Å². The van der Waals surface area contributed by atoms with E-state index in [0.29, 0.717) is 56.5 Å². The Balaban J connectivity index is 1.44. The van der Waals surface area contributed by atoms with Crippen molar-refractivity contribution in [2.75, 3.05) is 26.3 Å². The fourth-order valence-electron chi connectivity index (χ4n) is 2.90. The fourth-order valence-corrected chi connectivity index (χ4v) is 4.74. The average molecular weight is 383 g/mol. The van der Waals surface area contributed by atoms with Crippen LogP contribution in [0.3, 0.4) is 0 Å². The smallest absolute Gasteiger partial charge is 0.245 e. The Bertz CT molecular complexity index is 833. The van der Waals surface area contributed by atoms with Crippen molar-refractivity contribution in [2.24, 2.45) is 0 Å². The zero-order valence-electron chi connectivity index (χ0n) is 13.3. The molecule has 1 saturated heterocycles. The molecule has 3 heterocycles. The summed E-state index contributed by atoms with van der Waals surface area (Å²) in [5, 5.41) is 0. The lowest BCUT2D eigenvalue weighted by molar-refractivity contribution is 0.131. The highest BCUT2D eigenvalue weighted by atomic mass is 32.2. The van der Waals surface area contributed by atoms with E-state index < -0.39 is 10.0 Å². The van der Waals surface area contributed by atoms with Crippen molar-refractivity contribution in [3.8, 4) is 17.4 Å². The number of fused-ring (bicyclic) bond motifs is 1. The first-order valence-electron chi connectivity index (χ1n) is 7.97. The van der Waals surface area contributed by atoms with E-state index in [0.717, 1.165) is 11.7 Å². The van der Waals surface area contributed by atoms with Crippen LogP contribution in [-0.4, -0.2) is 53.9 Å². The highest BCUT2D eigenvalue weighted by molar-refractivity contribution is 7.89. The molecule has 8 nitrogen and oxygen atoms in total. The van der Waals surface area contributed by atoms with Crippen molar-refractivity contribution < 1.29 is 22.6 Å². The third-order valence-corrected chi connectivity index (χ3v) is 6.54. The summed E-state index contributed by atoms with van der Waals surface area (Å²) in [7, 11) is -3.56. The van der Waals surface area contributed by atoms with Crippen LogP contribution in [0, 0.1) is 0 Å². The zero-order valence-corrected chi connectivity index (χ0v) is 15.0. The van der Waals surface area contributed by atoms with Gasteiger partial charge in [0, 0.05) is 19.2 Å². The standard InChI is InChI=1S/C15H17N3O5S2/c19-25(20,12-1-2-13-14(9-12)22-8-7-21-13)18-5-3-11(4-6-18)23-15-10-16-24-17-15/h1-2,9-11H,3-8H2. The van der Waals surface area contributed by atoms with Crippen LogP contribution in [0.1, 0.15) is 12.8 Å². The Morgan fingerprint density at radius 1 is 1.16 bits per heavy atom. The molecule has 1 aromatic heterocycles. The van der Waals surface area contributed by atoms with E-state index in [1.165, 1.54) is 10.4 Å². The molecule has 2 aromatic rings. The summed E-state index contributed by atoms with van der Waals surface area (Å²) in [5.41, 5.74) is 0. The van der Waals surface area contributed by atoms with Crippen molar-refractivity contribution in [3.63, 3.8) is 0 Å². The Morgan fingerprint density at radius 3 is 2.64 bits per heavy atom. The number of benzene rings is 1. The topological polar surface area (TPSA) is 90.9 Å². The lowest BCUT2D eigenvalue weighted by Gasteiger charge is -2.31. The Labute approximate surface area is 149 Å². The molecule has 0 unspecified atom stereocenters. The van der Waals surface area contributed by atoms with Gasteiger partial charge in [0.15, 0.2) is 11.5 Å². The van der Waals surface area contributed by atoms with Crippen LogP contribution in [0.2, 0.25) is 0 Å². The summed E-state index contributed by atoms with van der Waals surface area (Å²) < 4.78 is 51.8. The predicted octanol–water partition coefficient (Wildman–Crippen LogP) is 1.54. The van der Waals surface area contributed by atoms with Gasteiger partial charge in [-0.1, -0.05) is 0 Å². The van der Waals surface area contributed by atoms with Gasteiger partial charge in [-0.15, -0.1) is 4.37 Å². The number of aromatic nitrogens is 2. The predicted molar refractivity (Wildman–Crippen MR) is 89.7 cm³/mol. The molecule has 2 aliphatic rings. The van der Waals surface area contributed by atoms with Crippen LogP contribution >= 0.6 is 11.7 Å². The van der Waals surface area contributed by atoms with Gasteiger partial charge in [-0.25, -0.2) is 8.42 Å². The maximum atomic E-state index is 12.9. The third-order valence-electron chi connectivity index (χ3n) is 4.18. The summed E-state index contributed by atoms with van der Waals surface area (Å²) in [6.07, 6.45) is 2.75. The second-order valence-corrected chi connectivity index (χ2v) is 8.27. The first-order chi connectivity index (χ1) is 12.1. The molecule has 0 radical (unpaired) electrons. The van der Waals surface area contributed by atoms with E-state index in [2.05, 4.69) is 8.75 Å². The highest BCUT2D eigenvalue weighted by Crippen LogP contribution is 2.33. The molecule has 0 bridgehead atoms. The van der Waals surface area contributed by atoms with Crippen LogP contribution in [0.15, 0.2) is 29.3 Å². The molecule has 2 aliphatic heterocycles. The van der Waals surface area contributed by atoms with Crippen LogP contribution < -0.4 is 14.2 Å². The minimum absolute atomic E-state index is 0.0457. The Morgan fingerprint density at radius 2 is 1.92 bits per heavy atom. The molecule has 0 spiro atoms. The van der Waals surface area contributed by atoms with Crippen molar-refractivity contribution >= 4 is 21.8 Å². The summed E-state index contributed by atoms with van der Waals surface area (Å²) >= 11 is 1.09. The zero-order chi connectivity index (χ0) is 17.3. The van der Waals surface area contributed by atoms with Gasteiger partial charge in [0.25, 0.3) is 0 Å². The van der Waals surface area contributed by atoms with Crippen molar-refractivity contribution in [1.29, 1.82) is 0 Å². The van der Waals surface area contributed by atoms with E-state index in [1.54, 1.807) is 18.3 Å². The van der Waals surface area contributed by atoms with Gasteiger partial charge in [0.1, 0.15) is 25.5 Å². The van der Waals surface area contributed by atoms with Gasteiger partial charge in [-0.3, -0.25) is 0 Å². The van der Waals surface area contributed by atoms with E-state index >= 15 is 0 Å². The fraction of sp³-hybridized carbons (Fsp3) is 0.467. The van der Waals surface area contributed by atoms with Gasteiger partial charge in [0.2, 0.25) is 15.9 Å². The molecular weight excluding hydrogens is 366 g/mol. The lowest BCUT2D eigenvalue weighted by atomic mass is 10.1. The molecule has 25 heavy (non-hydrogen) atoms. The minimum atomic E-state index is -3.56. The number of sulfonamides is 1. The first-order valence-corrected chi connectivity index (χ1v) is 10.1. The molecule has 0 aliphatic carbocycles. The summed E-state index contributed by atoms with van der Waals surface area (Å²) in [4.78, 5) is 0.222. The first kappa shape index (κ1) is 16.6. The SMILES string of the molecule is O=S(=O)(c1ccc2c(c1)OCCO2)N1CCC(Oc2cnsn2)CC1. The van der Waals surface area contributed by atoms with E-state index in [-0.39, 0.29) is 11.0 Å². The maximum Gasteiger partial charge on any atom is 0.245 e. The second-order valence-electron chi connectivity index (χ2n) is 5.77. The quantitative estimate of drug-likeness (QED) is 0.791. The summed E-state index contributed by atoms with van der Waals surface area (Å²) in [6.45, 7) is 1.70. The number of piperidine rings is 1. The van der Waals surface area contributed by atoms with Crippen molar-refractivity contribution in [1.82, 2.24) is 13.1 Å². The largest absolute Gasteiger partial charge is 0.486 e. The Hall–Kier alpha value is -1.91. The molecular formula is C15H17N3O5S2. The van der Waals surface area contributed by atoms with Gasteiger partial charge < -0.3 is 14.2 Å². The lowest BCUT2D eigenvalue weighted by Crippen LogP contribution is -2.41. The molecule has 134 valence electrons. The van der Waals surface area contributed by atoms with Crippen molar-refractivity contribution in [2.45, 2.75) is 23.8 Å². The van der Waals surface area contributed by atoms with Gasteiger partial charge in [-0.2, -0.15) is 8.68 Å². The van der Waals surface area contributed by atoms with Gasteiger partial charge in [0.05, 0.1) is 16.6 Å². The number of hydrogen-bond donors (Lipinski definition) is 0. The molecule has 0 saturated carbocycles. The third kappa shape index (κ3) is 3.42. The number of rotatable bonds is 4. The van der Waals surface area contributed by atoms with Crippen LogP contribution in [0.5, 0.6) is 17.4 Å². The second kappa shape index (κ2) is 6.77. The van der Waals surface area contributed by atoms with Crippen LogP contribution in [-0.2, 0) is 10.0 Å². The molecule has 0 amide bonds. The molecule has 10 heteroatoms. The number of hydrogen-bond acceptors (Lipinski definition) is 8. The van der Waals surface area contributed by atoms with Gasteiger partial charge >= 0.3 is 0 Å². The van der Waals surface area contributed by atoms with E-state index in [1.807, 2.05) is 0 Å². The van der Waals surface area contributed by atoms with Crippen molar-refractivity contribution in [3.05, 3.63) is 24.4 Å². The normalized spacial score (nSPS) is 18.9. The van der Waals surface area contributed by atoms with Crippen LogP contribution in [0.4, 0.5) is 0 Å². The highest BCUT2D eigenvalue weighted by Gasteiger charge is 2.31. The number of ether oxygens (including phenoxy) is 3. The monoisotopic (exact) mass is 383 g/mol. The molecule has 1 aromatic carbocycles. The summed E-state index contributed by atoms with van der Waals surface area (Å²) in [6, 6.07) is 4.74.